The van der Waals surface area contributed by atoms with Gasteiger partial charge in [0.15, 0.2) is 0 Å². The van der Waals surface area contributed by atoms with Crippen molar-refractivity contribution in [2.45, 2.75) is 45.6 Å². The van der Waals surface area contributed by atoms with Gasteiger partial charge in [0.25, 0.3) is 0 Å². The lowest BCUT2D eigenvalue weighted by Gasteiger charge is -2.39. The Kier molecular flexibility index (Phi) is 4.13. The SMILES string of the molecule is CC(C)(C)NCC1(Cc2ccco2)CCOCC1. The molecule has 0 spiro atoms. The van der Waals surface area contributed by atoms with Gasteiger partial charge < -0.3 is 14.5 Å². The molecule has 0 unspecified atom stereocenters. The van der Waals surface area contributed by atoms with E-state index >= 15 is 0 Å². The maximum absolute atomic E-state index is 5.52. The number of nitrogens with one attached hydrogen (secondary N) is 1. The van der Waals surface area contributed by atoms with E-state index in [0.717, 1.165) is 44.8 Å². The van der Waals surface area contributed by atoms with Crippen LogP contribution in [0.2, 0.25) is 0 Å². The standard InChI is InChI=1S/C15H25NO2/c1-14(2,3)16-12-15(6-9-17-10-7-15)11-13-5-4-8-18-13/h4-5,8,16H,6-7,9-12H2,1-3H3. The molecule has 1 saturated heterocycles. The predicted molar refractivity (Wildman–Crippen MR) is 72.7 cm³/mol. The Morgan fingerprint density at radius 2 is 2.00 bits per heavy atom. The Hall–Kier alpha value is -0.800. The zero-order valence-electron chi connectivity index (χ0n) is 11.8. The fourth-order valence-corrected chi connectivity index (χ4v) is 2.46. The molecule has 2 rings (SSSR count). The molecular formula is C15H25NO2. The minimum Gasteiger partial charge on any atom is -0.469 e. The molecule has 3 nitrogen and oxygen atoms in total. The van der Waals surface area contributed by atoms with Crippen molar-refractivity contribution >= 4 is 0 Å². The van der Waals surface area contributed by atoms with Gasteiger partial charge in [-0.3, -0.25) is 0 Å². The largest absolute Gasteiger partial charge is 0.469 e. The number of rotatable bonds is 4. The molecule has 3 heteroatoms. The van der Waals surface area contributed by atoms with Gasteiger partial charge in [0, 0.05) is 31.7 Å². The predicted octanol–water partition coefficient (Wildman–Crippen LogP) is 3.01. The first kappa shape index (κ1) is 13.6. The number of hydrogen-bond acceptors (Lipinski definition) is 3. The summed E-state index contributed by atoms with van der Waals surface area (Å²) >= 11 is 0. The van der Waals surface area contributed by atoms with Crippen LogP contribution in [0.25, 0.3) is 0 Å². The van der Waals surface area contributed by atoms with E-state index in [-0.39, 0.29) is 11.0 Å². The van der Waals surface area contributed by atoms with Crippen molar-refractivity contribution in [3.05, 3.63) is 24.2 Å². The summed E-state index contributed by atoms with van der Waals surface area (Å²) in [5.41, 5.74) is 0.442. The Labute approximate surface area is 110 Å². The summed E-state index contributed by atoms with van der Waals surface area (Å²) in [6.07, 6.45) is 4.99. The normalized spacial score (nSPS) is 19.9. The molecule has 0 atom stereocenters. The molecule has 1 aliphatic heterocycles. The van der Waals surface area contributed by atoms with E-state index in [1.165, 1.54) is 0 Å². The summed E-state index contributed by atoms with van der Waals surface area (Å²) in [5, 5.41) is 3.65. The minimum absolute atomic E-state index is 0.161. The summed E-state index contributed by atoms with van der Waals surface area (Å²) < 4.78 is 11.0. The van der Waals surface area contributed by atoms with Crippen LogP contribution in [0.15, 0.2) is 22.8 Å². The van der Waals surface area contributed by atoms with Gasteiger partial charge in [-0.2, -0.15) is 0 Å². The average molecular weight is 251 g/mol. The summed E-state index contributed by atoms with van der Waals surface area (Å²) in [6, 6.07) is 4.05. The quantitative estimate of drug-likeness (QED) is 0.893. The molecule has 0 aliphatic carbocycles. The monoisotopic (exact) mass is 251 g/mol. The molecule has 102 valence electrons. The van der Waals surface area contributed by atoms with E-state index < -0.39 is 0 Å². The summed E-state index contributed by atoms with van der Waals surface area (Å²) in [5.74, 6) is 1.09. The third-order valence-corrected chi connectivity index (χ3v) is 3.68. The van der Waals surface area contributed by atoms with Crippen LogP contribution in [-0.2, 0) is 11.2 Å². The van der Waals surface area contributed by atoms with E-state index in [9.17, 15) is 0 Å². The molecule has 2 heterocycles. The Morgan fingerprint density at radius 3 is 2.56 bits per heavy atom. The van der Waals surface area contributed by atoms with Crippen LogP contribution in [-0.4, -0.2) is 25.3 Å². The second kappa shape index (κ2) is 5.45. The van der Waals surface area contributed by atoms with Crippen molar-refractivity contribution in [1.82, 2.24) is 5.32 Å². The number of hydrogen-bond donors (Lipinski definition) is 1. The van der Waals surface area contributed by atoms with E-state index in [0.29, 0.717) is 0 Å². The van der Waals surface area contributed by atoms with Crippen molar-refractivity contribution in [3.63, 3.8) is 0 Å². The lowest BCUT2D eigenvalue weighted by Crippen LogP contribution is -2.47. The van der Waals surface area contributed by atoms with E-state index in [1.54, 1.807) is 6.26 Å². The highest BCUT2D eigenvalue weighted by molar-refractivity contribution is 5.04. The highest BCUT2D eigenvalue weighted by atomic mass is 16.5. The lowest BCUT2D eigenvalue weighted by molar-refractivity contribution is 0.00980. The molecule has 0 aromatic carbocycles. The summed E-state index contributed by atoms with van der Waals surface area (Å²) in [7, 11) is 0. The first-order valence-corrected chi connectivity index (χ1v) is 6.84. The maximum atomic E-state index is 5.52. The van der Waals surface area contributed by atoms with Crippen molar-refractivity contribution in [2.75, 3.05) is 19.8 Å². The number of ether oxygens (including phenoxy) is 1. The van der Waals surface area contributed by atoms with Gasteiger partial charge in [-0.25, -0.2) is 0 Å². The Morgan fingerprint density at radius 1 is 1.28 bits per heavy atom. The van der Waals surface area contributed by atoms with Crippen LogP contribution in [0.4, 0.5) is 0 Å². The molecular weight excluding hydrogens is 226 g/mol. The molecule has 1 aromatic heterocycles. The highest BCUT2D eigenvalue weighted by Gasteiger charge is 2.34. The molecule has 1 aliphatic rings. The molecule has 0 saturated carbocycles. The molecule has 0 amide bonds. The molecule has 0 bridgehead atoms. The Balaban J connectivity index is 2.02. The third-order valence-electron chi connectivity index (χ3n) is 3.68. The van der Waals surface area contributed by atoms with Crippen molar-refractivity contribution in [3.8, 4) is 0 Å². The number of furan rings is 1. The Bertz CT molecular complexity index is 345. The van der Waals surface area contributed by atoms with Crippen LogP contribution in [0.3, 0.4) is 0 Å². The van der Waals surface area contributed by atoms with Crippen molar-refractivity contribution in [2.24, 2.45) is 5.41 Å². The van der Waals surface area contributed by atoms with Crippen LogP contribution < -0.4 is 5.32 Å². The van der Waals surface area contributed by atoms with Crippen LogP contribution in [0.5, 0.6) is 0 Å². The van der Waals surface area contributed by atoms with Gasteiger partial charge in [-0.05, 0) is 51.2 Å². The smallest absolute Gasteiger partial charge is 0.104 e. The second-order valence-electron chi connectivity index (χ2n) is 6.47. The van der Waals surface area contributed by atoms with Gasteiger partial charge in [0.1, 0.15) is 5.76 Å². The van der Waals surface area contributed by atoms with Gasteiger partial charge in [-0.1, -0.05) is 0 Å². The van der Waals surface area contributed by atoms with Gasteiger partial charge in [0.05, 0.1) is 6.26 Å². The topological polar surface area (TPSA) is 34.4 Å². The second-order valence-corrected chi connectivity index (χ2v) is 6.47. The van der Waals surface area contributed by atoms with Gasteiger partial charge in [-0.15, -0.1) is 0 Å². The summed E-state index contributed by atoms with van der Waals surface area (Å²) in [4.78, 5) is 0. The van der Waals surface area contributed by atoms with Crippen molar-refractivity contribution in [1.29, 1.82) is 0 Å². The summed E-state index contributed by atoms with van der Waals surface area (Å²) in [6.45, 7) is 9.41. The molecule has 1 aromatic rings. The zero-order chi connectivity index (χ0) is 13.1. The first-order chi connectivity index (χ1) is 8.49. The van der Waals surface area contributed by atoms with Gasteiger partial charge in [0.2, 0.25) is 0 Å². The van der Waals surface area contributed by atoms with Crippen LogP contribution in [0, 0.1) is 5.41 Å². The minimum atomic E-state index is 0.161. The highest BCUT2D eigenvalue weighted by Crippen LogP contribution is 2.34. The molecule has 1 fully saturated rings. The third kappa shape index (κ3) is 3.85. The van der Waals surface area contributed by atoms with E-state index in [4.69, 9.17) is 9.15 Å². The van der Waals surface area contributed by atoms with Gasteiger partial charge >= 0.3 is 0 Å². The first-order valence-electron chi connectivity index (χ1n) is 6.84. The van der Waals surface area contributed by atoms with E-state index in [2.05, 4.69) is 32.2 Å². The fourth-order valence-electron chi connectivity index (χ4n) is 2.46. The zero-order valence-corrected chi connectivity index (χ0v) is 11.8. The maximum Gasteiger partial charge on any atom is 0.104 e. The van der Waals surface area contributed by atoms with E-state index in [1.807, 2.05) is 6.07 Å². The molecule has 0 radical (unpaired) electrons. The van der Waals surface area contributed by atoms with Crippen LogP contribution >= 0.6 is 0 Å². The molecule has 18 heavy (non-hydrogen) atoms. The average Bonchev–Trinajstić information content (AvgIpc) is 2.80. The fraction of sp³-hybridized carbons (Fsp3) is 0.733. The lowest BCUT2D eigenvalue weighted by atomic mass is 9.76. The molecule has 1 N–H and O–H groups in total. The van der Waals surface area contributed by atoms with Crippen molar-refractivity contribution < 1.29 is 9.15 Å². The van der Waals surface area contributed by atoms with Crippen LogP contribution in [0.1, 0.15) is 39.4 Å².